The van der Waals surface area contributed by atoms with Crippen molar-refractivity contribution in [1.29, 1.82) is 0 Å². The zero-order chi connectivity index (χ0) is 13.8. The first-order valence-corrected chi connectivity index (χ1v) is 6.46. The standard InChI is InChI=1S/C14H18N2O3/c1-9-5-6-10(14(18)19)8-12(9)16-13(17)11-4-2-3-7-15-11/h5-6,8,11,15H,2-4,7H2,1H3,(H,16,17)(H,18,19)/t11-/m1/s1. The second kappa shape index (κ2) is 5.84. The quantitative estimate of drug-likeness (QED) is 0.775. The van der Waals surface area contributed by atoms with Crippen molar-refractivity contribution in [2.24, 2.45) is 0 Å². The van der Waals surface area contributed by atoms with Gasteiger partial charge in [0.05, 0.1) is 11.6 Å². The van der Waals surface area contributed by atoms with Crippen LogP contribution < -0.4 is 10.6 Å². The van der Waals surface area contributed by atoms with Crippen LogP contribution >= 0.6 is 0 Å². The zero-order valence-electron chi connectivity index (χ0n) is 10.9. The Morgan fingerprint density at radius 3 is 2.79 bits per heavy atom. The molecule has 0 unspecified atom stereocenters. The second-order valence-electron chi connectivity index (χ2n) is 4.83. The number of carboxylic acid groups (broad SMARTS) is 1. The minimum atomic E-state index is -0.994. The number of piperidine rings is 1. The average Bonchev–Trinajstić information content (AvgIpc) is 2.42. The van der Waals surface area contributed by atoms with Crippen LogP contribution in [0, 0.1) is 6.92 Å². The van der Waals surface area contributed by atoms with E-state index in [1.54, 1.807) is 6.07 Å². The fourth-order valence-corrected chi connectivity index (χ4v) is 2.19. The third kappa shape index (κ3) is 3.32. The van der Waals surface area contributed by atoms with Crippen molar-refractivity contribution < 1.29 is 14.7 Å². The SMILES string of the molecule is Cc1ccc(C(=O)O)cc1NC(=O)[C@H]1CCCCN1. The lowest BCUT2D eigenvalue weighted by atomic mass is 10.0. The minimum Gasteiger partial charge on any atom is -0.478 e. The molecule has 3 N–H and O–H groups in total. The molecule has 0 bridgehead atoms. The summed E-state index contributed by atoms with van der Waals surface area (Å²) in [6, 6.07) is 4.56. The summed E-state index contributed by atoms with van der Waals surface area (Å²) in [6.07, 6.45) is 2.96. The van der Waals surface area contributed by atoms with Crippen molar-refractivity contribution in [2.45, 2.75) is 32.2 Å². The molecule has 1 atom stereocenters. The number of carbonyl (C=O) groups excluding carboxylic acids is 1. The van der Waals surface area contributed by atoms with Gasteiger partial charge < -0.3 is 15.7 Å². The molecule has 1 aliphatic rings. The topological polar surface area (TPSA) is 78.4 Å². The molecule has 0 aliphatic carbocycles. The van der Waals surface area contributed by atoms with Gasteiger partial charge in [-0.2, -0.15) is 0 Å². The Morgan fingerprint density at radius 2 is 2.16 bits per heavy atom. The molecule has 1 aliphatic heterocycles. The summed E-state index contributed by atoms with van der Waals surface area (Å²) in [5.41, 5.74) is 1.60. The molecule has 5 heteroatoms. The van der Waals surface area contributed by atoms with Crippen LogP contribution in [0.15, 0.2) is 18.2 Å². The smallest absolute Gasteiger partial charge is 0.335 e. The van der Waals surface area contributed by atoms with E-state index in [0.717, 1.165) is 31.4 Å². The second-order valence-corrected chi connectivity index (χ2v) is 4.83. The largest absolute Gasteiger partial charge is 0.478 e. The Kier molecular flexibility index (Phi) is 4.16. The Morgan fingerprint density at radius 1 is 1.37 bits per heavy atom. The van der Waals surface area contributed by atoms with Crippen molar-refractivity contribution in [3.05, 3.63) is 29.3 Å². The molecule has 1 aromatic carbocycles. The van der Waals surface area contributed by atoms with Gasteiger partial charge in [0.25, 0.3) is 0 Å². The Bertz CT molecular complexity index is 493. The highest BCUT2D eigenvalue weighted by molar-refractivity contribution is 5.97. The molecule has 1 saturated heterocycles. The molecule has 102 valence electrons. The summed E-state index contributed by atoms with van der Waals surface area (Å²) in [6.45, 7) is 2.70. The fourth-order valence-electron chi connectivity index (χ4n) is 2.19. The maximum Gasteiger partial charge on any atom is 0.335 e. The summed E-state index contributed by atoms with van der Waals surface area (Å²) in [7, 11) is 0. The van der Waals surface area contributed by atoms with Crippen LogP contribution in [-0.2, 0) is 4.79 Å². The number of carbonyl (C=O) groups is 2. The number of rotatable bonds is 3. The Hall–Kier alpha value is -1.88. The van der Waals surface area contributed by atoms with Gasteiger partial charge in [-0.1, -0.05) is 12.5 Å². The Labute approximate surface area is 112 Å². The van der Waals surface area contributed by atoms with Crippen molar-refractivity contribution in [2.75, 3.05) is 11.9 Å². The first kappa shape index (κ1) is 13.5. The van der Waals surface area contributed by atoms with Gasteiger partial charge in [0, 0.05) is 5.69 Å². The molecule has 0 aromatic heterocycles. The van der Waals surface area contributed by atoms with E-state index in [1.165, 1.54) is 12.1 Å². The van der Waals surface area contributed by atoms with Gasteiger partial charge in [0.2, 0.25) is 5.91 Å². The summed E-state index contributed by atoms with van der Waals surface area (Å²) in [4.78, 5) is 23.0. The molecule has 1 aromatic rings. The first-order valence-electron chi connectivity index (χ1n) is 6.46. The van der Waals surface area contributed by atoms with E-state index >= 15 is 0 Å². The third-order valence-corrected chi connectivity index (χ3v) is 3.37. The molecule has 5 nitrogen and oxygen atoms in total. The van der Waals surface area contributed by atoms with Gasteiger partial charge in [-0.25, -0.2) is 4.79 Å². The van der Waals surface area contributed by atoms with Crippen molar-refractivity contribution in [3.8, 4) is 0 Å². The van der Waals surface area contributed by atoms with Crippen LogP contribution in [-0.4, -0.2) is 29.6 Å². The molecule has 0 radical (unpaired) electrons. The molecular weight excluding hydrogens is 244 g/mol. The van der Waals surface area contributed by atoms with Gasteiger partial charge in [-0.15, -0.1) is 0 Å². The average molecular weight is 262 g/mol. The first-order chi connectivity index (χ1) is 9.08. The minimum absolute atomic E-state index is 0.0923. The molecule has 0 saturated carbocycles. The summed E-state index contributed by atoms with van der Waals surface area (Å²) in [5.74, 6) is -1.09. The number of benzene rings is 1. The van der Waals surface area contributed by atoms with Gasteiger partial charge >= 0.3 is 5.97 Å². The molecule has 1 heterocycles. The highest BCUT2D eigenvalue weighted by Gasteiger charge is 2.21. The van der Waals surface area contributed by atoms with Gasteiger partial charge in [0.15, 0.2) is 0 Å². The monoisotopic (exact) mass is 262 g/mol. The number of anilines is 1. The van der Waals surface area contributed by atoms with Gasteiger partial charge in [-0.05, 0) is 44.0 Å². The summed E-state index contributed by atoms with van der Waals surface area (Å²) < 4.78 is 0. The number of carboxylic acids is 1. The predicted molar refractivity (Wildman–Crippen MR) is 72.4 cm³/mol. The van der Waals surface area contributed by atoms with E-state index in [0.29, 0.717) is 5.69 Å². The van der Waals surface area contributed by atoms with Crippen LogP contribution in [0.4, 0.5) is 5.69 Å². The predicted octanol–water partition coefficient (Wildman–Crippen LogP) is 1.77. The van der Waals surface area contributed by atoms with Crippen LogP contribution in [0.5, 0.6) is 0 Å². The lowest BCUT2D eigenvalue weighted by Gasteiger charge is -2.23. The molecular formula is C14H18N2O3. The number of aromatic carboxylic acids is 1. The van der Waals surface area contributed by atoms with Gasteiger partial charge in [0.1, 0.15) is 0 Å². The Balaban J connectivity index is 2.11. The molecule has 0 spiro atoms. The maximum absolute atomic E-state index is 12.1. The van der Waals surface area contributed by atoms with E-state index in [9.17, 15) is 9.59 Å². The van der Waals surface area contributed by atoms with E-state index in [4.69, 9.17) is 5.11 Å². The normalized spacial score (nSPS) is 18.9. The van der Waals surface area contributed by atoms with Crippen LogP contribution in [0.25, 0.3) is 0 Å². The number of amides is 1. The van der Waals surface area contributed by atoms with E-state index in [2.05, 4.69) is 10.6 Å². The summed E-state index contributed by atoms with van der Waals surface area (Å²) in [5, 5.41) is 14.9. The van der Waals surface area contributed by atoms with E-state index < -0.39 is 5.97 Å². The number of nitrogens with one attached hydrogen (secondary N) is 2. The maximum atomic E-state index is 12.1. The van der Waals surface area contributed by atoms with Gasteiger partial charge in [-0.3, -0.25) is 4.79 Å². The zero-order valence-corrected chi connectivity index (χ0v) is 10.9. The van der Waals surface area contributed by atoms with Crippen molar-refractivity contribution in [1.82, 2.24) is 5.32 Å². The van der Waals surface area contributed by atoms with Crippen molar-refractivity contribution in [3.63, 3.8) is 0 Å². The highest BCUT2D eigenvalue weighted by Crippen LogP contribution is 2.18. The van der Waals surface area contributed by atoms with Crippen molar-refractivity contribution >= 4 is 17.6 Å². The lowest BCUT2D eigenvalue weighted by Crippen LogP contribution is -2.43. The third-order valence-electron chi connectivity index (χ3n) is 3.37. The number of hydrogen-bond donors (Lipinski definition) is 3. The van der Waals surface area contributed by atoms with Crippen LogP contribution in [0.1, 0.15) is 35.2 Å². The summed E-state index contributed by atoms with van der Waals surface area (Å²) >= 11 is 0. The molecule has 1 amide bonds. The fraction of sp³-hybridized carbons (Fsp3) is 0.429. The molecule has 19 heavy (non-hydrogen) atoms. The van der Waals surface area contributed by atoms with E-state index in [1.807, 2.05) is 6.92 Å². The van der Waals surface area contributed by atoms with Crippen LogP contribution in [0.2, 0.25) is 0 Å². The van der Waals surface area contributed by atoms with Crippen LogP contribution in [0.3, 0.4) is 0 Å². The molecule has 2 rings (SSSR count). The highest BCUT2D eigenvalue weighted by atomic mass is 16.4. The van der Waals surface area contributed by atoms with E-state index in [-0.39, 0.29) is 17.5 Å². The number of aryl methyl sites for hydroxylation is 1. The number of hydrogen-bond acceptors (Lipinski definition) is 3. The lowest BCUT2D eigenvalue weighted by molar-refractivity contribution is -0.118. The molecule has 1 fully saturated rings.